The fourth-order valence-electron chi connectivity index (χ4n) is 2.41. The van der Waals surface area contributed by atoms with E-state index < -0.39 is 6.04 Å². The third kappa shape index (κ3) is 7.46. The Hall–Kier alpha value is -1.10. The average Bonchev–Trinajstić information content (AvgIpc) is 2.24. The van der Waals surface area contributed by atoms with Crippen molar-refractivity contribution in [3.63, 3.8) is 0 Å². The molecule has 0 aliphatic rings. The fourth-order valence-corrected chi connectivity index (χ4v) is 2.41. The zero-order valence-corrected chi connectivity index (χ0v) is 14.7. The lowest BCUT2D eigenvalue weighted by molar-refractivity contribution is -0.162. The summed E-state index contributed by atoms with van der Waals surface area (Å²) in [7, 11) is 0. The third-order valence-corrected chi connectivity index (χ3v) is 2.90. The van der Waals surface area contributed by atoms with Gasteiger partial charge in [-0.3, -0.25) is 14.5 Å². The van der Waals surface area contributed by atoms with E-state index in [1.165, 1.54) is 0 Å². The number of hydrogen-bond donors (Lipinski definition) is 0. The second kappa shape index (κ2) is 9.03. The van der Waals surface area contributed by atoms with Crippen LogP contribution in [0.4, 0.5) is 0 Å². The molecule has 0 aromatic heterocycles. The molecule has 1 unspecified atom stereocenters. The topological polar surface area (TPSA) is 55.8 Å². The average molecular weight is 301 g/mol. The quantitative estimate of drug-likeness (QED) is 0.645. The van der Waals surface area contributed by atoms with Gasteiger partial charge in [-0.1, -0.05) is 0 Å². The van der Waals surface area contributed by atoms with Crippen molar-refractivity contribution in [1.82, 2.24) is 4.90 Å². The molecule has 0 saturated heterocycles. The summed E-state index contributed by atoms with van der Waals surface area (Å²) < 4.78 is 10.5. The molecule has 0 radical (unpaired) electrons. The van der Waals surface area contributed by atoms with Crippen LogP contribution in [0.1, 0.15) is 61.8 Å². The third-order valence-electron chi connectivity index (χ3n) is 2.90. The molecule has 21 heavy (non-hydrogen) atoms. The lowest BCUT2D eigenvalue weighted by Gasteiger charge is -2.36. The Bertz CT molecular complexity index is 329. The van der Waals surface area contributed by atoms with E-state index >= 15 is 0 Å². The van der Waals surface area contributed by atoms with Crippen LogP contribution < -0.4 is 0 Å². The molecule has 5 heteroatoms. The lowest BCUT2D eigenvalue weighted by atomic mass is 10.1. The van der Waals surface area contributed by atoms with E-state index in [2.05, 4.69) is 0 Å². The number of ether oxygens (including phenoxy) is 2. The second-order valence-corrected chi connectivity index (χ2v) is 6.38. The number of carbonyl (C=O) groups excluding carboxylic acids is 2. The molecule has 0 rings (SSSR count). The summed E-state index contributed by atoms with van der Waals surface area (Å²) in [4.78, 5) is 26.3. The van der Waals surface area contributed by atoms with Gasteiger partial charge < -0.3 is 9.47 Å². The van der Waals surface area contributed by atoms with Crippen molar-refractivity contribution in [2.24, 2.45) is 0 Å². The molecule has 124 valence electrons. The minimum atomic E-state index is -0.612. The molecule has 0 aromatic rings. The molecule has 0 aliphatic heterocycles. The summed E-state index contributed by atoms with van der Waals surface area (Å²) in [6.45, 7) is 15.2. The summed E-state index contributed by atoms with van der Waals surface area (Å²) in [5.41, 5.74) is 0. The SMILES string of the molecule is CC(C)OC(=O)CC(C(=O)OC(C)C)N(C(C)C)C(C)C. The Labute approximate surface area is 129 Å². The largest absolute Gasteiger partial charge is 0.463 e. The highest BCUT2D eigenvalue weighted by Gasteiger charge is 2.34. The summed E-state index contributed by atoms with van der Waals surface area (Å²) in [5.74, 6) is -0.741. The molecule has 0 aromatic carbocycles. The molecule has 0 N–H and O–H groups in total. The van der Waals surface area contributed by atoms with E-state index in [9.17, 15) is 9.59 Å². The molecule has 0 aliphatic carbocycles. The molecule has 0 fully saturated rings. The zero-order valence-electron chi connectivity index (χ0n) is 14.7. The van der Waals surface area contributed by atoms with E-state index in [1.54, 1.807) is 27.7 Å². The summed E-state index contributed by atoms with van der Waals surface area (Å²) in [6.07, 6.45) is -0.381. The zero-order chi connectivity index (χ0) is 16.7. The van der Waals surface area contributed by atoms with Crippen LogP contribution in [0.5, 0.6) is 0 Å². The van der Waals surface area contributed by atoms with Crippen LogP contribution in [0, 0.1) is 0 Å². The lowest BCUT2D eigenvalue weighted by Crippen LogP contribution is -2.51. The van der Waals surface area contributed by atoms with E-state index in [0.29, 0.717) is 0 Å². The Morgan fingerprint density at radius 3 is 1.57 bits per heavy atom. The van der Waals surface area contributed by atoms with Gasteiger partial charge in [0.1, 0.15) is 6.04 Å². The first-order chi connectivity index (χ1) is 9.56. The second-order valence-electron chi connectivity index (χ2n) is 6.38. The van der Waals surface area contributed by atoms with E-state index in [-0.39, 0.29) is 42.7 Å². The van der Waals surface area contributed by atoms with Gasteiger partial charge in [-0.25, -0.2) is 0 Å². The number of hydrogen-bond acceptors (Lipinski definition) is 5. The maximum Gasteiger partial charge on any atom is 0.324 e. The fraction of sp³-hybridized carbons (Fsp3) is 0.875. The van der Waals surface area contributed by atoms with Gasteiger partial charge in [0.05, 0.1) is 18.6 Å². The first kappa shape index (κ1) is 19.9. The van der Waals surface area contributed by atoms with Gasteiger partial charge in [0.15, 0.2) is 0 Å². The van der Waals surface area contributed by atoms with Gasteiger partial charge in [-0.05, 0) is 55.4 Å². The normalized spacial score (nSPS) is 13.4. The molecule has 0 spiro atoms. The number of esters is 2. The van der Waals surface area contributed by atoms with Crippen LogP contribution in [-0.2, 0) is 19.1 Å². The minimum absolute atomic E-state index is 0.0140. The van der Waals surface area contributed by atoms with Gasteiger partial charge >= 0.3 is 11.9 Å². The van der Waals surface area contributed by atoms with Crippen molar-refractivity contribution in [2.75, 3.05) is 0 Å². The Morgan fingerprint density at radius 2 is 1.24 bits per heavy atom. The number of nitrogens with zero attached hydrogens (tertiary/aromatic N) is 1. The molecule has 0 bridgehead atoms. The summed E-state index contributed by atoms with van der Waals surface area (Å²) in [5, 5.41) is 0. The van der Waals surface area contributed by atoms with Crippen molar-refractivity contribution >= 4 is 11.9 Å². The van der Waals surface area contributed by atoms with Crippen LogP contribution in [0.25, 0.3) is 0 Å². The van der Waals surface area contributed by atoms with Crippen molar-refractivity contribution < 1.29 is 19.1 Å². The van der Waals surface area contributed by atoms with Crippen LogP contribution in [0.3, 0.4) is 0 Å². The predicted octanol–water partition coefficient (Wildman–Crippen LogP) is 2.77. The number of carbonyl (C=O) groups is 2. The minimum Gasteiger partial charge on any atom is -0.463 e. The smallest absolute Gasteiger partial charge is 0.324 e. The summed E-state index contributed by atoms with van der Waals surface area (Å²) in [6, 6.07) is -0.359. The molecule has 5 nitrogen and oxygen atoms in total. The Morgan fingerprint density at radius 1 is 0.810 bits per heavy atom. The van der Waals surface area contributed by atoms with Crippen LogP contribution in [-0.4, -0.2) is 47.2 Å². The molecule has 0 saturated carbocycles. The molecule has 1 atom stereocenters. The maximum absolute atomic E-state index is 12.4. The van der Waals surface area contributed by atoms with Crippen LogP contribution in [0.2, 0.25) is 0 Å². The molecular weight excluding hydrogens is 270 g/mol. The van der Waals surface area contributed by atoms with E-state index in [1.807, 2.05) is 32.6 Å². The standard InChI is InChI=1S/C16H31NO4/c1-10(2)17(11(3)4)14(16(19)21-13(7)8)9-15(18)20-12(5)6/h10-14H,9H2,1-8H3. The summed E-state index contributed by atoms with van der Waals surface area (Å²) >= 11 is 0. The first-order valence-electron chi connectivity index (χ1n) is 7.73. The van der Waals surface area contributed by atoms with Crippen molar-refractivity contribution in [3.8, 4) is 0 Å². The van der Waals surface area contributed by atoms with Crippen molar-refractivity contribution in [2.45, 2.75) is 92.1 Å². The molecular formula is C16H31NO4. The predicted molar refractivity (Wildman–Crippen MR) is 83.0 cm³/mol. The van der Waals surface area contributed by atoms with Gasteiger partial charge in [0.25, 0.3) is 0 Å². The maximum atomic E-state index is 12.4. The van der Waals surface area contributed by atoms with Gasteiger partial charge in [-0.2, -0.15) is 0 Å². The van der Waals surface area contributed by atoms with Gasteiger partial charge in [-0.15, -0.1) is 0 Å². The molecule has 0 heterocycles. The highest BCUT2D eigenvalue weighted by molar-refractivity contribution is 5.83. The highest BCUT2D eigenvalue weighted by Crippen LogP contribution is 2.17. The van der Waals surface area contributed by atoms with E-state index in [4.69, 9.17) is 9.47 Å². The Balaban J connectivity index is 5.16. The van der Waals surface area contributed by atoms with Crippen molar-refractivity contribution in [3.05, 3.63) is 0 Å². The van der Waals surface area contributed by atoms with E-state index in [0.717, 1.165) is 0 Å². The van der Waals surface area contributed by atoms with Gasteiger partial charge in [0, 0.05) is 12.1 Å². The van der Waals surface area contributed by atoms with Crippen LogP contribution in [0.15, 0.2) is 0 Å². The van der Waals surface area contributed by atoms with Crippen molar-refractivity contribution in [1.29, 1.82) is 0 Å². The monoisotopic (exact) mass is 301 g/mol. The number of rotatable bonds is 8. The van der Waals surface area contributed by atoms with Crippen LogP contribution >= 0.6 is 0 Å². The first-order valence-corrected chi connectivity index (χ1v) is 7.73. The van der Waals surface area contributed by atoms with Gasteiger partial charge in [0.2, 0.25) is 0 Å². The molecule has 0 amide bonds. The Kier molecular flexibility index (Phi) is 8.55. The highest BCUT2D eigenvalue weighted by atomic mass is 16.6.